The zero-order valence-corrected chi connectivity index (χ0v) is 12.7. The zero-order valence-electron chi connectivity index (χ0n) is 11.1. The molecule has 0 atom stereocenters. The van der Waals surface area contributed by atoms with Crippen molar-refractivity contribution in [2.24, 2.45) is 0 Å². The summed E-state index contributed by atoms with van der Waals surface area (Å²) < 4.78 is 10.5. The second kappa shape index (κ2) is 6.11. The van der Waals surface area contributed by atoms with E-state index in [2.05, 4.69) is 10.1 Å². The van der Waals surface area contributed by atoms with Gasteiger partial charge in [0.1, 0.15) is 10.8 Å². The van der Waals surface area contributed by atoms with Gasteiger partial charge in [-0.15, -0.1) is 0 Å². The summed E-state index contributed by atoms with van der Waals surface area (Å²) in [5.41, 5.74) is 1.76. The lowest BCUT2D eigenvalue weighted by Crippen LogP contribution is -1.88. The summed E-state index contributed by atoms with van der Waals surface area (Å²) in [7, 11) is 1.60. The Kier molecular flexibility index (Phi) is 4.03. The standard InChI is InChI=1S/C15H11ClN2O2S/c1-19-13-5-3-2-4-11(13)14-17-15(20-18-14)12(16)8-10-6-7-21-9-10/h2-9H,1H3/b12-8-. The molecule has 4 nitrogen and oxygen atoms in total. The smallest absolute Gasteiger partial charge is 0.269 e. The Hall–Kier alpha value is -2.11. The molecule has 0 bridgehead atoms. The Labute approximate surface area is 130 Å². The van der Waals surface area contributed by atoms with E-state index in [1.165, 1.54) is 0 Å². The Morgan fingerprint density at radius 1 is 1.33 bits per heavy atom. The Morgan fingerprint density at radius 2 is 2.19 bits per heavy atom. The number of rotatable bonds is 4. The highest BCUT2D eigenvalue weighted by atomic mass is 35.5. The molecule has 0 saturated heterocycles. The van der Waals surface area contributed by atoms with Gasteiger partial charge in [-0.1, -0.05) is 28.9 Å². The largest absolute Gasteiger partial charge is 0.496 e. The maximum Gasteiger partial charge on any atom is 0.269 e. The maximum absolute atomic E-state index is 6.21. The van der Waals surface area contributed by atoms with E-state index in [0.717, 1.165) is 11.1 Å². The molecule has 3 rings (SSSR count). The summed E-state index contributed by atoms with van der Waals surface area (Å²) in [6, 6.07) is 9.44. The lowest BCUT2D eigenvalue weighted by Gasteiger charge is -2.02. The first-order valence-electron chi connectivity index (χ1n) is 6.15. The van der Waals surface area contributed by atoms with Gasteiger partial charge in [0.25, 0.3) is 5.89 Å². The molecule has 0 aliphatic heterocycles. The van der Waals surface area contributed by atoms with E-state index >= 15 is 0 Å². The van der Waals surface area contributed by atoms with E-state index in [-0.39, 0.29) is 5.89 Å². The minimum atomic E-state index is 0.281. The van der Waals surface area contributed by atoms with Gasteiger partial charge in [0, 0.05) is 0 Å². The van der Waals surface area contributed by atoms with Crippen LogP contribution in [-0.2, 0) is 0 Å². The van der Waals surface area contributed by atoms with Gasteiger partial charge in [0.05, 0.1) is 12.7 Å². The predicted octanol–water partition coefficient (Wildman–Crippen LogP) is 4.54. The number of hydrogen-bond donors (Lipinski definition) is 0. The third-order valence-corrected chi connectivity index (χ3v) is 3.79. The molecule has 0 spiro atoms. The van der Waals surface area contributed by atoms with Crippen molar-refractivity contribution in [1.29, 1.82) is 0 Å². The van der Waals surface area contributed by atoms with Crippen LogP contribution in [0.1, 0.15) is 11.5 Å². The first kappa shape index (κ1) is 13.9. The number of aromatic nitrogens is 2. The minimum Gasteiger partial charge on any atom is -0.496 e. The van der Waals surface area contributed by atoms with Crippen molar-refractivity contribution >= 4 is 34.0 Å². The van der Waals surface area contributed by atoms with Crippen molar-refractivity contribution in [3.63, 3.8) is 0 Å². The quantitative estimate of drug-likeness (QED) is 0.708. The predicted molar refractivity (Wildman–Crippen MR) is 84.3 cm³/mol. The lowest BCUT2D eigenvalue weighted by molar-refractivity contribution is 0.406. The molecule has 6 heteroatoms. The van der Waals surface area contributed by atoms with Crippen molar-refractivity contribution in [1.82, 2.24) is 10.1 Å². The summed E-state index contributed by atoms with van der Waals surface area (Å²) in [6.07, 6.45) is 1.79. The number of hydrogen-bond acceptors (Lipinski definition) is 5. The Bertz CT molecular complexity index is 766. The van der Waals surface area contributed by atoms with Crippen LogP contribution in [0.15, 0.2) is 45.6 Å². The summed E-state index contributed by atoms with van der Waals surface area (Å²) in [5, 5.41) is 8.32. The molecule has 21 heavy (non-hydrogen) atoms. The molecule has 106 valence electrons. The third kappa shape index (κ3) is 2.99. The molecule has 3 aromatic rings. The summed E-state index contributed by atoms with van der Waals surface area (Å²) in [6.45, 7) is 0. The number of benzene rings is 1. The molecule has 0 N–H and O–H groups in total. The van der Waals surface area contributed by atoms with Crippen molar-refractivity contribution in [2.75, 3.05) is 7.11 Å². The molecule has 2 aromatic heterocycles. The van der Waals surface area contributed by atoms with E-state index in [1.807, 2.05) is 41.1 Å². The topological polar surface area (TPSA) is 48.2 Å². The Balaban J connectivity index is 1.93. The SMILES string of the molecule is COc1ccccc1-c1noc(/C(Cl)=C/c2ccsc2)n1. The zero-order chi connectivity index (χ0) is 14.7. The lowest BCUT2D eigenvalue weighted by atomic mass is 10.2. The third-order valence-electron chi connectivity index (χ3n) is 2.81. The average Bonchev–Trinajstić information content (AvgIpc) is 3.18. The van der Waals surface area contributed by atoms with Crippen LogP contribution in [0.5, 0.6) is 5.75 Å². The van der Waals surface area contributed by atoms with Crippen LogP contribution in [0.4, 0.5) is 0 Å². The first-order valence-corrected chi connectivity index (χ1v) is 7.47. The van der Waals surface area contributed by atoms with Gasteiger partial charge in [0.2, 0.25) is 5.82 Å². The minimum absolute atomic E-state index is 0.281. The highest BCUT2D eigenvalue weighted by Gasteiger charge is 2.14. The van der Waals surface area contributed by atoms with Crippen molar-refractivity contribution in [3.05, 3.63) is 52.5 Å². The van der Waals surface area contributed by atoms with Crippen LogP contribution >= 0.6 is 22.9 Å². The van der Waals surface area contributed by atoms with Gasteiger partial charge in [-0.2, -0.15) is 16.3 Å². The van der Waals surface area contributed by atoms with Crippen LogP contribution in [0.25, 0.3) is 22.5 Å². The van der Waals surface area contributed by atoms with Crippen molar-refractivity contribution in [2.45, 2.75) is 0 Å². The van der Waals surface area contributed by atoms with Gasteiger partial charge in [-0.25, -0.2) is 0 Å². The number of para-hydroxylation sites is 1. The van der Waals surface area contributed by atoms with Gasteiger partial charge < -0.3 is 9.26 Å². The fraction of sp³-hybridized carbons (Fsp3) is 0.0667. The van der Waals surface area contributed by atoms with Gasteiger partial charge in [0.15, 0.2) is 0 Å². The molecule has 1 aromatic carbocycles. The number of ether oxygens (including phenoxy) is 1. The van der Waals surface area contributed by atoms with E-state index in [4.69, 9.17) is 20.9 Å². The highest BCUT2D eigenvalue weighted by Crippen LogP contribution is 2.29. The fourth-order valence-electron chi connectivity index (χ4n) is 1.82. The first-order chi connectivity index (χ1) is 10.3. The van der Waals surface area contributed by atoms with E-state index < -0.39 is 0 Å². The summed E-state index contributed by atoms with van der Waals surface area (Å²) in [4.78, 5) is 4.31. The van der Waals surface area contributed by atoms with Crippen LogP contribution in [0.3, 0.4) is 0 Å². The van der Waals surface area contributed by atoms with Crippen LogP contribution in [-0.4, -0.2) is 17.3 Å². The summed E-state index contributed by atoms with van der Waals surface area (Å²) >= 11 is 7.81. The molecule has 0 saturated carbocycles. The molecule has 0 radical (unpaired) electrons. The molecule has 0 unspecified atom stereocenters. The van der Waals surface area contributed by atoms with Gasteiger partial charge in [-0.05, 0) is 40.6 Å². The normalized spacial score (nSPS) is 11.6. The van der Waals surface area contributed by atoms with E-state index in [9.17, 15) is 0 Å². The molecular weight excluding hydrogens is 308 g/mol. The fourth-order valence-corrected chi connectivity index (χ4v) is 2.65. The monoisotopic (exact) mass is 318 g/mol. The van der Waals surface area contributed by atoms with Gasteiger partial charge >= 0.3 is 0 Å². The second-order valence-corrected chi connectivity index (χ2v) is 5.36. The molecule has 0 amide bonds. The van der Waals surface area contributed by atoms with E-state index in [0.29, 0.717) is 16.6 Å². The molecule has 2 heterocycles. The Morgan fingerprint density at radius 3 is 2.95 bits per heavy atom. The molecule has 0 fully saturated rings. The summed E-state index contributed by atoms with van der Waals surface area (Å²) in [5.74, 6) is 1.41. The molecule has 0 aliphatic carbocycles. The average molecular weight is 319 g/mol. The van der Waals surface area contributed by atoms with Gasteiger partial charge in [-0.3, -0.25) is 0 Å². The van der Waals surface area contributed by atoms with Crippen molar-refractivity contribution in [3.8, 4) is 17.1 Å². The highest BCUT2D eigenvalue weighted by molar-refractivity contribution is 7.08. The number of thiophene rings is 1. The van der Waals surface area contributed by atoms with Crippen LogP contribution in [0.2, 0.25) is 0 Å². The molecular formula is C15H11ClN2O2S. The van der Waals surface area contributed by atoms with Crippen molar-refractivity contribution < 1.29 is 9.26 Å². The number of methoxy groups -OCH3 is 1. The van der Waals surface area contributed by atoms with Crippen LogP contribution in [0, 0.1) is 0 Å². The number of nitrogens with zero attached hydrogens (tertiary/aromatic N) is 2. The maximum atomic E-state index is 6.21. The number of halogens is 1. The van der Waals surface area contributed by atoms with E-state index in [1.54, 1.807) is 24.5 Å². The van der Waals surface area contributed by atoms with Crippen LogP contribution < -0.4 is 4.74 Å². The molecule has 0 aliphatic rings. The second-order valence-electron chi connectivity index (χ2n) is 4.17.